The molecule has 4 aliphatic heterocycles. The van der Waals surface area contributed by atoms with Crippen LogP contribution < -0.4 is 10.8 Å². The van der Waals surface area contributed by atoms with Gasteiger partial charge in [0.05, 0.1) is 12.1 Å². The second-order valence-corrected chi connectivity index (χ2v) is 8.31. The van der Waals surface area contributed by atoms with Crippen molar-refractivity contribution in [2.24, 2.45) is 0 Å². The Morgan fingerprint density at radius 3 is 2.81 bits per heavy atom. The standard InChI is InChI=1S/C14H23N5O7S/c20-13(16-25-11-5-10-6-15-3-4-17(10)8-11)12-2-1-9-7-18(12)14(21)19(9)26-27(22,23)24/h9-12,15H,1-8H2,(H,16,20)(H,22,23,24). The maximum absolute atomic E-state index is 12.5. The van der Waals surface area contributed by atoms with Gasteiger partial charge in [-0.3, -0.25) is 19.1 Å². The molecule has 12 nitrogen and oxygen atoms in total. The average Bonchev–Trinajstić information content (AvgIpc) is 3.14. The number of rotatable bonds is 5. The largest absolute Gasteiger partial charge is 0.418 e. The van der Waals surface area contributed by atoms with Crippen molar-refractivity contribution in [3.8, 4) is 0 Å². The highest BCUT2D eigenvalue weighted by Gasteiger charge is 2.49. The van der Waals surface area contributed by atoms with Crippen LogP contribution in [0.4, 0.5) is 4.79 Å². The lowest BCUT2D eigenvalue weighted by Gasteiger charge is -2.29. The molecule has 0 spiro atoms. The van der Waals surface area contributed by atoms with Gasteiger partial charge in [0.1, 0.15) is 6.04 Å². The summed E-state index contributed by atoms with van der Waals surface area (Å²) in [6, 6.07) is -1.65. The summed E-state index contributed by atoms with van der Waals surface area (Å²) in [6.07, 6.45) is 1.43. The van der Waals surface area contributed by atoms with E-state index in [1.807, 2.05) is 0 Å². The Morgan fingerprint density at radius 2 is 2.07 bits per heavy atom. The summed E-state index contributed by atoms with van der Waals surface area (Å²) in [4.78, 5) is 34.0. The van der Waals surface area contributed by atoms with Crippen LogP contribution in [-0.4, -0.2) is 96.7 Å². The SMILES string of the molecule is O=C(NOC1CC2CNCCN2C1)C1CCC2CN1C(=O)N2OS(=O)(=O)O. The van der Waals surface area contributed by atoms with E-state index in [-0.39, 0.29) is 12.6 Å². The molecule has 0 aliphatic carbocycles. The minimum atomic E-state index is -4.81. The number of urea groups is 1. The molecule has 0 aromatic rings. The molecule has 152 valence electrons. The van der Waals surface area contributed by atoms with Crippen LogP contribution in [0.2, 0.25) is 0 Å². The highest BCUT2D eigenvalue weighted by Crippen LogP contribution is 2.31. The van der Waals surface area contributed by atoms with E-state index in [2.05, 4.69) is 20.0 Å². The van der Waals surface area contributed by atoms with Crippen LogP contribution in [0, 0.1) is 0 Å². The Bertz CT molecular complexity index is 705. The minimum absolute atomic E-state index is 0.108. The normalized spacial score (nSPS) is 34.0. The highest BCUT2D eigenvalue weighted by molar-refractivity contribution is 7.80. The zero-order valence-electron chi connectivity index (χ0n) is 14.6. The zero-order chi connectivity index (χ0) is 19.2. The first-order chi connectivity index (χ1) is 12.8. The summed E-state index contributed by atoms with van der Waals surface area (Å²) in [7, 11) is -4.81. The molecule has 2 bridgehead atoms. The summed E-state index contributed by atoms with van der Waals surface area (Å²) in [5, 5.41) is 3.95. The Kier molecular flexibility index (Phi) is 4.98. The monoisotopic (exact) mass is 405 g/mol. The van der Waals surface area contributed by atoms with Crippen molar-refractivity contribution in [3.63, 3.8) is 0 Å². The quantitative estimate of drug-likeness (QED) is 0.353. The van der Waals surface area contributed by atoms with Crippen LogP contribution >= 0.6 is 0 Å². The van der Waals surface area contributed by atoms with Gasteiger partial charge in [0.15, 0.2) is 0 Å². The summed E-state index contributed by atoms with van der Waals surface area (Å²) >= 11 is 0. The lowest BCUT2D eigenvalue weighted by molar-refractivity contribution is -0.143. The van der Waals surface area contributed by atoms with Crippen molar-refractivity contribution >= 4 is 22.3 Å². The van der Waals surface area contributed by atoms with E-state index < -0.39 is 34.4 Å². The van der Waals surface area contributed by atoms with E-state index in [0.717, 1.165) is 32.6 Å². The number of carbonyl (C=O) groups excluding carboxylic acids is 2. The average molecular weight is 405 g/mol. The van der Waals surface area contributed by atoms with Crippen LogP contribution in [0.1, 0.15) is 19.3 Å². The molecule has 4 fully saturated rings. The van der Waals surface area contributed by atoms with Crippen molar-refractivity contribution in [2.45, 2.75) is 43.5 Å². The molecule has 0 radical (unpaired) electrons. The molecule has 0 aromatic heterocycles. The Balaban J connectivity index is 1.32. The molecular weight excluding hydrogens is 382 g/mol. The van der Waals surface area contributed by atoms with Gasteiger partial charge in [-0.2, -0.15) is 13.5 Å². The van der Waals surface area contributed by atoms with Gasteiger partial charge in [-0.05, 0) is 19.3 Å². The smallest absolute Gasteiger partial charge is 0.314 e. The van der Waals surface area contributed by atoms with E-state index in [1.165, 1.54) is 4.90 Å². The fraction of sp³-hybridized carbons (Fsp3) is 0.857. The van der Waals surface area contributed by atoms with Gasteiger partial charge in [0.2, 0.25) is 0 Å². The first-order valence-corrected chi connectivity index (χ1v) is 10.4. The van der Waals surface area contributed by atoms with Gasteiger partial charge >= 0.3 is 16.4 Å². The maximum atomic E-state index is 12.5. The summed E-state index contributed by atoms with van der Waals surface area (Å²) < 4.78 is 35.0. The Hall–Kier alpha value is -1.51. The zero-order valence-corrected chi connectivity index (χ0v) is 15.4. The Morgan fingerprint density at radius 1 is 1.26 bits per heavy atom. The van der Waals surface area contributed by atoms with E-state index in [9.17, 15) is 18.0 Å². The molecule has 3 N–H and O–H groups in total. The fourth-order valence-electron chi connectivity index (χ4n) is 4.31. The number of amides is 3. The van der Waals surface area contributed by atoms with Gasteiger partial charge in [0.25, 0.3) is 5.91 Å². The van der Waals surface area contributed by atoms with E-state index >= 15 is 0 Å². The minimum Gasteiger partial charge on any atom is -0.314 e. The molecule has 3 amide bonds. The lowest BCUT2D eigenvalue weighted by Crippen LogP contribution is -2.50. The van der Waals surface area contributed by atoms with Crippen LogP contribution in [0.5, 0.6) is 0 Å². The molecule has 13 heteroatoms. The van der Waals surface area contributed by atoms with Crippen LogP contribution in [0.25, 0.3) is 0 Å². The molecular formula is C14H23N5O7S. The van der Waals surface area contributed by atoms with Crippen molar-refractivity contribution in [3.05, 3.63) is 0 Å². The van der Waals surface area contributed by atoms with Crippen LogP contribution in [-0.2, 0) is 24.3 Å². The predicted molar refractivity (Wildman–Crippen MR) is 89.2 cm³/mol. The second kappa shape index (κ2) is 7.14. The van der Waals surface area contributed by atoms with Gasteiger partial charge in [-0.1, -0.05) is 0 Å². The number of piperazine rings is 1. The molecule has 4 saturated heterocycles. The van der Waals surface area contributed by atoms with Crippen molar-refractivity contribution in [2.75, 3.05) is 32.7 Å². The first kappa shape index (κ1) is 18.8. The highest BCUT2D eigenvalue weighted by atomic mass is 32.3. The molecule has 4 atom stereocenters. The number of nitrogens with zero attached hydrogens (tertiary/aromatic N) is 3. The van der Waals surface area contributed by atoms with E-state index in [4.69, 9.17) is 9.39 Å². The molecule has 27 heavy (non-hydrogen) atoms. The lowest BCUT2D eigenvalue weighted by atomic mass is 10.0. The number of hydrogen-bond acceptors (Lipinski definition) is 8. The predicted octanol–water partition coefficient (Wildman–Crippen LogP) is -1.92. The fourth-order valence-corrected chi connectivity index (χ4v) is 4.70. The van der Waals surface area contributed by atoms with E-state index in [1.54, 1.807) is 0 Å². The summed E-state index contributed by atoms with van der Waals surface area (Å²) in [5.41, 5.74) is 2.46. The molecule has 4 aliphatic rings. The van der Waals surface area contributed by atoms with Gasteiger partial charge in [-0.15, -0.1) is 4.28 Å². The number of piperidine rings is 1. The topological polar surface area (TPSA) is 141 Å². The summed E-state index contributed by atoms with van der Waals surface area (Å²) in [5.74, 6) is -0.446. The van der Waals surface area contributed by atoms with Crippen molar-refractivity contribution < 1.29 is 31.7 Å². The van der Waals surface area contributed by atoms with Crippen molar-refractivity contribution in [1.29, 1.82) is 0 Å². The number of hydroxylamine groups is 3. The van der Waals surface area contributed by atoms with Gasteiger partial charge in [-0.25, -0.2) is 10.3 Å². The van der Waals surface area contributed by atoms with E-state index in [0.29, 0.717) is 23.9 Å². The molecule has 4 unspecified atom stereocenters. The maximum Gasteiger partial charge on any atom is 0.418 e. The third kappa shape index (κ3) is 3.88. The van der Waals surface area contributed by atoms with Crippen LogP contribution in [0.3, 0.4) is 0 Å². The molecule has 0 saturated carbocycles. The van der Waals surface area contributed by atoms with Gasteiger partial charge < -0.3 is 10.2 Å². The molecule has 4 rings (SSSR count). The third-order valence-corrected chi connectivity index (χ3v) is 5.92. The molecule has 4 heterocycles. The third-order valence-electron chi connectivity index (χ3n) is 5.57. The van der Waals surface area contributed by atoms with Gasteiger partial charge in [0, 0.05) is 38.8 Å². The van der Waals surface area contributed by atoms with Crippen LogP contribution in [0.15, 0.2) is 0 Å². The summed E-state index contributed by atoms with van der Waals surface area (Å²) in [6.45, 7) is 3.70. The molecule has 0 aromatic carbocycles. The van der Waals surface area contributed by atoms with Crippen molar-refractivity contribution in [1.82, 2.24) is 25.7 Å². The number of fused-ring (bicyclic) bond motifs is 3. The number of carbonyl (C=O) groups is 2. The Labute approximate surface area is 156 Å². The number of hydrogen-bond donors (Lipinski definition) is 3. The first-order valence-electron chi connectivity index (χ1n) is 8.99. The second-order valence-electron chi connectivity index (χ2n) is 7.30. The number of nitrogens with one attached hydrogen (secondary N) is 2.